The van der Waals surface area contributed by atoms with Crippen LogP contribution in [0.1, 0.15) is 68.6 Å². The van der Waals surface area contributed by atoms with E-state index in [2.05, 4.69) is 11.8 Å². The lowest BCUT2D eigenvalue weighted by Gasteiger charge is -2.26. The monoisotopic (exact) mass is 323 g/mol. The van der Waals surface area contributed by atoms with Crippen molar-refractivity contribution in [3.8, 4) is 0 Å². The number of unbranched alkanes of at least 4 members (excludes halogenated alkanes) is 4. The number of carbonyl (C=O) groups excluding carboxylic acids is 1. The van der Waals surface area contributed by atoms with Crippen LogP contribution in [0.25, 0.3) is 0 Å². The second kappa shape index (κ2) is 10.8. The van der Waals surface area contributed by atoms with Crippen molar-refractivity contribution in [1.29, 1.82) is 0 Å². The van der Waals surface area contributed by atoms with E-state index in [0.717, 1.165) is 25.1 Å². The van der Waals surface area contributed by atoms with Crippen LogP contribution in [-0.2, 0) is 0 Å². The van der Waals surface area contributed by atoms with Gasteiger partial charge in [0.15, 0.2) is 5.78 Å². The number of rotatable bonds is 9. The zero-order chi connectivity index (χ0) is 14.9. The molecule has 1 saturated heterocycles. The maximum Gasteiger partial charge on any atom is 0.179 e. The van der Waals surface area contributed by atoms with Crippen LogP contribution in [0, 0.1) is 0 Å². The van der Waals surface area contributed by atoms with E-state index in [1.54, 1.807) is 0 Å². The third-order valence-corrected chi connectivity index (χ3v) is 4.52. The minimum Gasteiger partial charge on any atom is -0.293 e. The summed E-state index contributed by atoms with van der Waals surface area (Å²) in [5, 5.41) is 0. The normalized spacial score (nSPS) is 16.2. The van der Waals surface area contributed by atoms with Crippen LogP contribution in [0.4, 0.5) is 0 Å². The van der Waals surface area contributed by atoms with E-state index >= 15 is 0 Å². The molecule has 1 aromatic carbocycles. The highest BCUT2D eigenvalue weighted by molar-refractivity contribution is 6.00. The van der Waals surface area contributed by atoms with Crippen molar-refractivity contribution >= 4 is 18.2 Å². The van der Waals surface area contributed by atoms with Gasteiger partial charge in [0, 0.05) is 5.56 Å². The standard InChI is InChI=1S/C19H29NO.ClH/c1-2-3-4-5-9-14-18(20-15-10-11-16-20)19(21)17-12-7-6-8-13-17;/h6-8,12-13,18H,2-5,9-11,14-16H2,1H3;1H. The van der Waals surface area contributed by atoms with E-state index in [9.17, 15) is 4.79 Å². The molecule has 0 aromatic heterocycles. The Labute approximate surface area is 141 Å². The molecule has 0 amide bonds. The third kappa shape index (κ3) is 5.73. The van der Waals surface area contributed by atoms with E-state index in [-0.39, 0.29) is 18.4 Å². The topological polar surface area (TPSA) is 20.3 Å². The van der Waals surface area contributed by atoms with Gasteiger partial charge in [-0.05, 0) is 32.4 Å². The Morgan fingerprint density at radius 3 is 2.32 bits per heavy atom. The van der Waals surface area contributed by atoms with Gasteiger partial charge in [0.2, 0.25) is 0 Å². The molecule has 0 radical (unpaired) electrons. The Bertz CT molecular complexity index is 415. The number of carbonyl (C=O) groups is 1. The lowest BCUT2D eigenvalue weighted by atomic mass is 9.97. The van der Waals surface area contributed by atoms with Gasteiger partial charge in [-0.25, -0.2) is 0 Å². The molecule has 124 valence electrons. The van der Waals surface area contributed by atoms with Gasteiger partial charge in [-0.2, -0.15) is 0 Å². The molecule has 0 aliphatic carbocycles. The van der Waals surface area contributed by atoms with E-state index in [1.165, 1.54) is 44.9 Å². The lowest BCUT2D eigenvalue weighted by Crippen LogP contribution is -2.39. The average molecular weight is 324 g/mol. The van der Waals surface area contributed by atoms with Gasteiger partial charge in [0.05, 0.1) is 6.04 Å². The molecule has 1 fully saturated rings. The second-order valence-corrected chi connectivity index (χ2v) is 6.19. The van der Waals surface area contributed by atoms with E-state index in [0.29, 0.717) is 5.78 Å². The summed E-state index contributed by atoms with van der Waals surface area (Å²) in [6.45, 7) is 4.43. The first kappa shape index (κ1) is 19.2. The van der Waals surface area contributed by atoms with Crippen LogP contribution >= 0.6 is 12.4 Å². The van der Waals surface area contributed by atoms with Crippen molar-refractivity contribution in [3.05, 3.63) is 35.9 Å². The fraction of sp³-hybridized carbons (Fsp3) is 0.632. The smallest absolute Gasteiger partial charge is 0.179 e. The minimum absolute atomic E-state index is 0. The zero-order valence-corrected chi connectivity index (χ0v) is 14.6. The van der Waals surface area contributed by atoms with Crippen LogP contribution in [0.15, 0.2) is 30.3 Å². The number of hydrogen-bond acceptors (Lipinski definition) is 2. The van der Waals surface area contributed by atoms with Crippen molar-refractivity contribution in [2.75, 3.05) is 13.1 Å². The van der Waals surface area contributed by atoms with Crippen LogP contribution in [0.2, 0.25) is 0 Å². The highest BCUT2D eigenvalue weighted by Gasteiger charge is 2.28. The molecule has 0 N–H and O–H groups in total. The molecule has 1 aliphatic heterocycles. The molecule has 22 heavy (non-hydrogen) atoms. The van der Waals surface area contributed by atoms with E-state index < -0.39 is 0 Å². The molecule has 2 rings (SSSR count). The number of halogens is 1. The Morgan fingerprint density at radius 2 is 1.68 bits per heavy atom. The van der Waals surface area contributed by atoms with Crippen LogP contribution in [0.3, 0.4) is 0 Å². The summed E-state index contributed by atoms with van der Waals surface area (Å²) < 4.78 is 0. The summed E-state index contributed by atoms with van der Waals surface area (Å²) in [5.74, 6) is 0.327. The summed E-state index contributed by atoms with van der Waals surface area (Å²) in [6, 6.07) is 9.94. The number of benzene rings is 1. The van der Waals surface area contributed by atoms with Crippen molar-refractivity contribution in [2.45, 2.75) is 64.3 Å². The number of ketones is 1. The lowest BCUT2D eigenvalue weighted by molar-refractivity contribution is 0.0834. The van der Waals surface area contributed by atoms with E-state index in [1.807, 2.05) is 30.3 Å². The minimum atomic E-state index is 0. The van der Waals surface area contributed by atoms with Gasteiger partial charge >= 0.3 is 0 Å². The molecule has 0 saturated carbocycles. The zero-order valence-electron chi connectivity index (χ0n) is 13.8. The Hall–Kier alpha value is -0.860. The highest BCUT2D eigenvalue weighted by Crippen LogP contribution is 2.21. The summed E-state index contributed by atoms with van der Waals surface area (Å²) in [5.41, 5.74) is 0.878. The highest BCUT2D eigenvalue weighted by atomic mass is 35.5. The largest absolute Gasteiger partial charge is 0.293 e. The summed E-state index contributed by atoms with van der Waals surface area (Å²) in [4.78, 5) is 15.2. The Balaban J connectivity index is 0.00000242. The molecule has 3 heteroatoms. The van der Waals surface area contributed by atoms with Gasteiger partial charge < -0.3 is 0 Å². The van der Waals surface area contributed by atoms with Gasteiger partial charge in [-0.3, -0.25) is 9.69 Å². The van der Waals surface area contributed by atoms with Crippen LogP contribution < -0.4 is 0 Å². The molecule has 0 bridgehead atoms. The average Bonchev–Trinajstić information content (AvgIpc) is 3.05. The molecule has 0 spiro atoms. The van der Waals surface area contributed by atoms with Gasteiger partial charge in [-0.1, -0.05) is 69.4 Å². The molecule has 1 unspecified atom stereocenters. The van der Waals surface area contributed by atoms with Crippen molar-refractivity contribution < 1.29 is 4.79 Å². The number of likely N-dealkylation sites (tertiary alicyclic amines) is 1. The number of nitrogens with zero attached hydrogens (tertiary/aromatic N) is 1. The fourth-order valence-corrected chi connectivity index (χ4v) is 3.27. The molecular weight excluding hydrogens is 294 g/mol. The second-order valence-electron chi connectivity index (χ2n) is 6.19. The van der Waals surface area contributed by atoms with Crippen molar-refractivity contribution in [3.63, 3.8) is 0 Å². The van der Waals surface area contributed by atoms with Gasteiger partial charge in [0.25, 0.3) is 0 Å². The molecule has 1 heterocycles. The summed E-state index contributed by atoms with van der Waals surface area (Å²) >= 11 is 0. The summed E-state index contributed by atoms with van der Waals surface area (Å²) in [7, 11) is 0. The first-order valence-electron chi connectivity index (χ1n) is 8.66. The Kier molecular flexibility index (Phi) is 9.42. The van der Waals surface area contributed by atoms with Crippen molar-refractivity contribution in [1.82, 2.24) is 4.90 Å². The molecule has 1 aromatic rings. The van der Waals surface area contributed by atoms with Crippen LogP contribution in [0.5, 0.6) is 0 Å². The third-order valence-electron chi connectivity index (χ3n) is 4.52. The van der Waals surface area contributed by atoms with Crippen LogP contribution in [-0.4, -0.2) is 29.8 Å². The molecule has 1 aliphatic rings. The Morgan fingerprint density at radius 1 is 1.05 bits per heavy atom. The van der Waals surface area contributed by atoms with E-state index in [4.69, 9.17) is 0 Å². The first-order chi connectivity index (χ1) is 10.3. The molecule has 2 nitrogen and oxygen atoms in total. The van der Waals surface area contributed by atoms with Crippen molar-refractivity contribution in [2.24, 2.45) is 0 Å². The predicted molar refractivity (Wildman–Crippen MR) is 96.0 cm³/mol. The van der Waals surface area contributed by atoms with Gasteiger partial charge in [-0.15, -0.1) is 12.4 Å². The number of Topliss-reactive ketones (excluding diaryl/α,β-unsaturated/α-hetero) is 1. The molecule has 1 atom stereocenters. The van der Waals surface area contributed by atoms with Gasteiger partial charge in [0.1, 0.15) is 0 Å². The maximum atomic E-state index is 12.8. The maximum absolute atomic E-state index is 12.8. The fourth-order valence-electron chi connectivity index (χ4n) is 3.27. The first-order valence-corrected chi connectivity index (χ1v) is 8.66. The summed E-state index contributed by atoms with van der Waals surface area (Å²) in [6.07, 6.45) is 9.86. The SMILES string of the molecule is CCCCCCCC(C(=O)c1ccccc1)N1CCCC1.Cl. The quantitative estimate of drug-likeness (QED) is 0.464. The predicted octanol–water partition coefficient (Wildman–Crippen LogP) is 5.12. The number of hydrogen-bond donors (Lipinski definition) is 0. The molecular formula is C19H30ClNO.